The number of carbonyl (C=O) groups is 5. The number of carbonyl (C=O) groups excluding carboxylic acids is 5. The lowest BCUT2D eigenvalue weighted by molar-refractivity contribution is -0.136. The number of piperidine rings is 1. The number of aromatic nitrogens is 1. The second-order valence-electron chi connectivity index (χ2n) is 14.3. The van der Waals surface area contributed by atoms with E-state index in [-0.39, 0.29) is 24.0 Å². The van der Waals surface area contributed by atoms with E-state index in [2.05, 4.69) is 29.4 Å². The van der Waals surface area contributed by atoms with E-state index in [0.29, 0.717) is 31.1 Å². The quantitative estimate of drug-likeness (QED) is 0.0435. The van der Waals surface area contributed by atoms with Crippen molar-refractivity contribution >= 4 is 40.4 Å². The molecule has 3 aromatic carbocycles. The predicted octanol–water partition coefficient (Wildman–Crippen LogP) is 5.87. The molecule has 1 atom stereocenters. The molecule has 3 heterocycles. The topological polar surface area (TPSA) is 160 Å². The molecular weight excluding hydrogens is 702 g/mol. The summed E-state index contributed by atoms with van der Waals surface area (Å²) in [6.07, 6.45) is 11.0. The zero-order valence-corrected chi connectivity index (χ0v) is 31.3. The van der Waals surface area contributed by atoms with Gasteiger partial charge < -0.3 is 18.9 Å². The van der Waals surface area contributed by atoms with E-state index in [0.717, 1.165) is 66.7 Å². The van der Waals surface area contributed by atoms with Gasteiger partial charge in [0.15, 0.2) is 0 Å². The van der Waals surface area contributed by atoms with Gasteiger partial charge in [0.25, 0.3) is 17.7 Å². The van der Waals surface area contributed by atoms with Gasteiger partial charge in [-0.2, -0.15) is 0 Å². The molecule has 1 fully saturated rings. The molecule has 5 amide bonds. The Morgan fingerprint density at radius 3 is 2.36 bits per heavy atom. The number of imide groups is 2. The number of hydroxylamine groups is 1. The fraction of sp³-hybridized carbons (Fsp3) is 0.405. The summed E-state index contributed by atoms with van der Waals surface area (Å²) in [5, 5.41) is 12.2. The summed E-state index contributed by atoms with van der Waals surface area (Å²) in [6, 6.07) is 19.4. The Bertz CT molecular complexity index is 2010. The number of nitrogens with one attached hydrogen (secondary N) is 2. The molecule has 55 heavy (non-hydrogen) atoms. The maximum atomic E-state index is 13.2. The van der Waals surface area contributed by atoms with Gasteiger partial charge in [-0.3, -0.25) is 39.4 Å². The minimum atomic E-state index is -0.996. The highest BCUT2D eigenvalue weighted by Gasteiger charge is 2.46. The van der Waals surface area contributed by atoms with Crippen molar-refractivity contribution in [2.75, 3.05) is 26.8 Å². The maximum Gasteiger partial charge on any atom is 0.274 e. The van der Waals surface area contributed by atoms with Crippen LogP contribution in [-0.4, -0.2) is 82.0 Å². The van der Waals surface area contributed by atoms with Gasteiger partial charge in [0.05, 0.1) is 24.3 Å². The van der Waals surface area contributed by atoms with Crippen molar-refractivity contribution in [3.05, 3.63) is 95.2 Å². The van der Waals surface area contributed by atoms with Gasteiger partial charge in [-0.1, -0.05) is 62.8 Å². The number of benzene rings is 3. The van der Waals surface area contributed by atoms with Crippen LogP contribution in [-0.2, 0) is 22.7 Å². The van der Waals surface area contributed by atoms with Crippen LogP contribution in [0.4, 0.5) is 0 Å². The Morgan fingerprint density at radius 2 is 1.62 bits per heavy atom. The SMILES string of the molecule is CN(CCCCCCCCCCOc1cccc2c1C(=O)N(C1CCC(=O)NC1=O)C2=O)Cc1ccc(OCCn2ccc3ccc(C(=O)NO)cc32)cc1. The molecule has 3 N–H and O–H groups in total. The Hall–Kier alpha value is -5.53. The first-order valence-electron chi connectivity index (χ1n) is 19.1. The summed E-state index contributed by atoms with van der Waals surface area (Å²) >= 11 is 0. The molecule has 0 aliphatic carbocycles. The normalized spacial score (nSPS) is 15.5. The van der Waals surface area contributed by atoms with Gasteiger partial charge >= 0.3 is 0 Å². The lowest BCUT2D eigenvalue weighted by Gasteiger charge is -2.27. The van der Waals surface area contributed by atoms with Crippen LogP contribution in [0.25, 0.3) is 10.9 Å². The monoisotopic (exact) mass is 751 g/mol. The minimum absolute atomic E-state index is 0.0799. The molecule has 13 nitrogen and oxygen atoms in total. The van der Waals surface area contributed by atoms with Crippen LogP contribution < -0.4 is 20.3 Å². The van der Waals surface area contributed by atoms with Crippen LogP contribution in [0.2, 0.25) is 0 Å². The maximum absolute atomic E-state index is 13.2. The first-order chi connectivity index (χ1) is 26.7. The zero-order valence-electron chi connectivity index (χ0n) is 31.3. The summed E-state index contributed by atoms with van der Waals surface area (Å²) in [5.74, 6) is -1.49. The minimum Gasteiger partial charge on any atom is -0.493 e. The Kier molecular flexibility index (Phi) is 13.3. The number of amides is 5. The van der Waals surface area contributed by atoms with Gasteiger partial charge in [-0.25, -0.2) is 5.48 Å². The fourth-order valence-corrected chi connectivity index (χ4v) is 7.26. The first kappa shape index (κ1) is 39.2. The molecule has 13 heteroatoms. The van der Waals surface area contributed by atoms with Gasteiger partial charge in [-0.05, 0) is 86.3 Å². The Balaban J connectivity index is 0.803. The average molecular weight is 752 g/mol. The third-order valence-electron chi connectivity index (χ3n) is 10.2. The molecular formula is C42H49N5O8. The second-order valence-corrected chi connectivity index (χ2v) is 14.3. The van der Waals surface area contributed by atoms with Crippen molar-refractivity contribution in [2.45, 2.75) is 83.3 Å². The highest BCUT2D eigenvalue weighted by atomic mass is 16.5. The van der Waals surface area contributed by atoms with Crippen LogP contribution in [0.15, 0.2) is 72.9 Å². The van der Waals surface area contributed by atoms with E-state index >= 15 is 0 Å². The standard InChI is InChI=1S/C42H49N5O8/c1-45(28-29-13-17-32(18-14-29)54-26-24-46-23-21-30-15-16-31(27-35(30)46)39(49)44-53)22-8-6-4-2-3-5-7-9-25-55-36-12-10-11-33-38(36)42(52)47(41(33)51)34-19-20-37(48)43-40(34)50/h10-18,21,23,27,34,53H,2-9,19-20,22,24-26,28H2,1H3,(H,44,49)(H,43,48,50). The second kappa shape index (κ2) is 18.7. The summed E-state index contributed by atoms with van der Waals surface area (Å²) in [7, 11) is 2.15. The van der Waals surface area contributed by atoms with Crippen molar-refractivity contribution in [3.63, 3.8) is 0 Å². The van der Waals surface area contributed by atoms with Crippen molar-refractivity contribution in [3.8, 4) is 11.5 Å². The number of rotatable bonds is 20. The summed E-state index contributed by atoms with van der Waals surface area (Å²) in [6.45, 7) is 3.43. The van der Waals surface area contributed by atoms with Gasteiger partial charge in [0.2, 0.25) is 11.8 Å². The largest absolute Gasteiger partial charge is 0.493 e. The highest BCUT2D eigenvalue weighted by molar-refractivity contribution is 6.24. The average Bonchev–Trinajstić information content (AvgIpc) is 3.71. The van der Waals surface area contributed by atoms with E-state index in [4.69, 9.17) is 14.7 Å². The number of unbranched alkanes of at least 4 members (excludes halogenated alkanes) is 7. The zero-order chi connectivity index (χ0) is 38.7. The number of nitrogens with zero attached hydrogens (tertiary/aromatic N) is 3. The molecule has 2 aliphatic heterocycles. The van der Waals surface area contributed by atoms with Crippen LogP contribution in [0.5, 0.6) is 11.5 Å². The van der Waals surface area contributed by atoms with Crippen LogP contribution in [0.1, 0.15) is 101 Å². The third-order valence-corrected chi connectivity index (χ3v) is 10.2. The molecule has 0 radical (unpaired) electrons. The number of fused-ring (bicyclic) bond motifs is 2. The summed E-state index contributed by atoms with van der Waals surface area (Å²) in [4.78, 5) is 65.2. The molecule has 1 unspecified atom stereocenters. The fourth-order valence-electron chi connectivity index (χ4n) is 7.26. The van der Waals surface area contributed by atoms with Gasteiger partial charge in [-0.15, -0.1) is 0 Å². The van der Waals surface area contributed by atoms with E-state index in [1.54, 1.807) is 35.8 Å². The van der Waals surface area contributed by atoms with Crippen molar-refractivity contribution in [1.82, 2.24) is 25.2 Å². The Morgan fingerprint density at radius 1 is 0.873 bits per heavy atom. The molecule has 2 aliphatic rings. The number of hydrogen-bond acceptors (Lipinski definition) is 9. The molecule has 6 rings (SSSR count). The van der Waals surface area contributed by atoms with E-state index < -0.39 is 35.6 Å². The van der Waals surface area contributed by atoms with Gasteiger partial charge in [0.1, 0.15) is 24.1 Å². The van der Waals surface area contributed by atoms with Crippen LogP contribution in [0, 0.1) is 0 Å². The highest BCUT2D eigenvalue weighted by Crippen LogP contribution is 2.34. The van der Waals surface area contributed by atoms with Crippen molar-refractivity contribution in [2.24, 2.45) is 0 Å². The molecule has 290 valence electrons. The lowest BCUT2D eigenvalue weighted by Crippen LogP contribution is -2.54. The van der Waals surface area contributed by atoms with Crippen LogP contribution >= 0.6 is 0 Å². The summed E-state index contributed by atoms with van der Waals surface area (Å²) in [5.41, 5.74) is 4.62. The van der Waals surface area contributed by atoms with E-state index in [1.165, 1.54) is 24.8 Å². The lowest BCUT2D eigenvalue weighted by atomic mass is 10.0. The third kappa shape index (κ3) is 9.78. The van der Waals surface area contributed by atoms with Crippen LogP contribution in [0.3, 0.4) is 0 Å². The molecule has 0 bridgehead atoms. The van der Waals surface area contributed by atoms with E-state index in [9.17, 15) is 24.0 Å². The smallest absolute Gasteiger partial charge is 0.274 e. The predicted molar refractivity (Wildman–Crippen MR) is 205 cm³/mol. The van der Waals surface area contributed by atoms with Gasteiger partial charge in [0, 0.05) is 30.2 Å². The molecule has 1 saturated heterocycles. The molecule has 0 saturated carbocycles. The Labute approximate surface area is 320 Å². The van der Waals surface area contributed by atoms with E-state index in [1.807, 2.05) is 35.0 Å². The number of hydrogen-bond donors (Lipinski definition) is 3. The van der Waals surface area contributed by atoms with Crippen molar-refractivity contribution in [1.29, 1.82) is 0 Å². The van der Waals surface area contributed by atoms with Crippen molar-refractivity contribution < 1.29 is 38.7 Å². The molecule has 1 aromatic heterocycles. The molecule has 4 aromatic rings. The summed E-state index contributed by atoms with van der Waals surface area (Å²) < 4.78 is 14.0. The first-order valence-corrected chi connectivity index (χ1v) is 19.1. The number of ether oxygens (including phenoxy) is 2. The molecule has 0 spiro atoms.